The maximum absolute atomic E-state index is 12.9. The summed E-state index contributed by atoms with van der Waals surface area (Å²) in [6.07, 6.45) is -0.725. The third kappa shape index (κ3) is 5.15. The van der Waals surface area contributed by atoms with Crippen molar-refractivity contribution in [1.29, 1.82) is 0 Å². The smallest absolute Gasteiger partial charge is 0.387 e. The molecule has 0 unspecified atom stereocenters. The second kappa shape index (κ2) is 8.17. The van der Waals surface area contributed by atoms with Crippen molar-refractivity contribution in [2.75, 3.05) is 30.9 Å². The van der Waals surface area contributed by atoms with E-state index in [-0.39, 0.29) is 11.3 Å². The van der Waals surface area contributed by atoms with E-state index in [4.69, 9.17) is 0 Å². The van der Waals surface area contributed by atoms with E-state index in [1.165, 1.54) is 19.2 Å². The van der Waals surface area contributed by atoms with Crippen molar-refractivity contribution >= 4 is 23.4 Å². The lowest BCUT2D eigenvalue weighted by molar-refractivity contribution is -0.136. The zero-order valence-electron chi connectivity index (χ0n) is 12.0. The molecule has 0 spiro atoms. The Morgan fingerprint density at radius 1 is 1.29 bits per heavy atom. The normalized spacial score (nSPS) is 11.3. The number of anilines is 1. The summed E-state index contributed by atoms with van der Waals surface area (Å²) in [5.41, 5.74) is -1.01. The lowest BCUT2D eigenvalue weighted by Crippen LogP contribution is -2.26. The number of hydrogen-bond acceptors (Lipinski definition) is 3. The highest BCUT2D eigenvalue weighted by atomic mass is 32.2. The number of thioether (sulfide) groups is 1. The van der Waals surface area contributed by atoms with Crippen LogP contribution in [-0.4, -0.2) is 31.5 Å². The molecule has 0 radical (unpaired) electrons. The topological polar surface area (TPSA) is 41.1 Å². The van der Waals surface area contributed by atoms with Gasteiger partial charge in [0.1, 0.15) is 0 Å². The standard InChI is InChI=1S/C14H19F3N2OS/c1-18-12-10(6-5-7-11(12)14(15,16)17)13(20)19-8-3-4-9-21-2/h5-7,18H,3-4,8-9H2,1-2H3,(H,19,20). The van der Waals surface area contributed by atoms with Gasteiger partial charge in [-0.3, -0.25) is 4.79 Å². The number of carbonyl (C=O) groups excluding carboxylic acids is 1. The van der Waals surface area contributed by atoms with Crippen molar-refractivity contribution < 1.29 is 18.0 Å². The molecule has 0 saturated heterocycles. The summed E-state index contributed by atoms with van der Waals surface area (Å²) in [6, 6.07) is 3.59. The van der Waals surface area contributed by atoms with Crippen LogP contribution in [-0.2, 0) is 6.18 Å². The number of carbonyl (C=O) groups is 1. The zero-order chi connectivity index (χ0) is 15.9. The second-order valence-electron chi connectivity index (χ2n) is 4.43. The number of halogens is 3. The molecule has 7 heteroatoms. The highest BCUT2D eigenvalue weighted by Crippen LogP contribution is 2.36. The number of amides is 1. The van der Waals surface area contributed by atoms with E-state index in [2.05, 4.69) is 10.6 Å². The van der Waals surface area contributed by atoms with E-state index in [0.717, 1.165) is 24.7 Å². The Kier molecular flexibility index (Phi) is 6.87. The first-order valence-electron chi connectivity index (χ1n) is 6.57. The molecule has 0 heterocycles. The average Bonchev–Trinajstić information content (AvgIpc) is 2.45. The van der Waals surface area contributed by atoms with Gasteiger partial charge in [0.05, 0.1) is 16.8 Å². The van der Waals surface area contributed by atoms with E-state index >= 15 is 0 Å². The maximum Gasteiger partial charge on any atom is 0.418 e. The molecule has 3 nitrogen and oxygen atoms in total. The first-order valence-corrected chi connectivity index (χ1v) is 7.96. The summed E-state index contributed by atoms with van der Waals surface area (Å²) in [7, 11) is 1.37. The lowest BCUT2D eigenvalue weighted by atomic mass is 10.1. The fraction of sp³-hybridized carbons (Fsp3) is 0.500. The number of para-hydroxylation sites is 1. The van der Waals surface area contributed by atoms with Gasteiger partial charge in [-0.25, -0.2) is 0 Å². The minimum Gasteiger partial charge on any atom is -0.387 e. The van der Waals surface area contributed by atoms with Crippen molar-refractivity contribution in [1.82, 2.24) is 5.32 Å². The van der Waals surface area contributed by atoms with E-state index < -0.39 is 17.6 Å². The van der Waals surface area contributed by atoms with Crippen LogP contribution >= 0.6 is 11.8 Å². The molecule has 0 bridgehead atoms. The van der Waals surface area contributed by atoms with Gasteiger partial charge >= 0.3 is 6.18 Å². The van der Waals surface area contributed by atoms with Gasteiger partial charge in [-0.2, -0.15) is 24.9 Å². The van der Waals surface area contributed by atoms with Gasteiger partial charge in [-0.1, -0.05) is 6.07 Å². The molecule has 1 aromatic carbocycles. The SMILES string of the molecule is CNc1c(C(=O)NCCCCSC)cccc1C(F)(F)F. The van der Waals surface area contributed by atoms with Crippen molar-refractivity contribution in [3.05, 3.63) is 29.3 Å². The van der Waals surface area contributed by atoms with Crippen LogP contribution in [0, 0.1) is 0 Å². The molecule has 0 aliphatic carbocycles. The Morgan fingerprint density at radius 3 is 2.57 bits per heavy atom. The minimum absolute atomic E-state index is 0.0113. The third-order valence-electron chi connectivity index (χ3n) is 2.93. The Balaban J connectivity index is 2.80. The first-order chi connectivity index (χ1) is 9.91. The van der Waals surface area contributed by atoms with Gasteiger partial charge in [0, 0.05) is 13.6 Å². The molecule has 0 aromatic heterocycles. The van der Waals surface area contributed by atoms with Crippen LogP contribution in [0.3, 0.4) is 0 Å². The van der Waals surface area contributed by atoms with Crippen LogP contribution in [0.2, 0.25) is 0 Å². The van der Waals surface area contributed by atoms with Crippen LogP contribution in [0.15, 0.2) is 18.2 Å². The summed E-state index contributed by atoms with van der Waals surface area (Å²) in [6.45, 7) is 0.457. The average molecular weight is 320 g/mol. The van der Waals surface area contributed by atoms with Crippen molar-refractivity contribution in [2.45, 2.75) is 19.0 Å². The number of hydrogen-bond donors (Lipinski definition) is 2. The van der Waals surface area contributed by atoms with Crippen LogP contribution in [0.4, 0.5) is 18.9 Å². The van der Waals surface area contributed by atoms with E-state index in [1.807, 2.05) is 6.26 Å². The number of unbranched alkanes of at least 4 members (excludes halogenated alkanes) is 1. The van der Waals surface area contributed by atoms with Crippen LogP contribution in [0.1, 0.15) is 28.8 Å². The molecule has 1 aromatic rings. The second-order valence-corrected chi connectivity index (χ2v) is 5.42. The van der Waals surface area contributed by atoms with Gasteiger partial charge in [-0.15, -0.1) is 0 Å². The minimum atomic E-state index is -4.49. The van der Waals surface area contributed by atoms with Crippen molar-refractivity contribution in [3.63, 3.8) is 0 Å². The highest BCUT2D eigenvalue weighted by Gasteiger charge is 2.34. The van der Waals surface area contributed by atoms with Gasteiger partial charge in [-0.05, 0) is 37.0 Å². The molecule has 0 aliphatic heterocycles. The zero-order valence-corrected chi connectivity index (χ0v) is 12.8. The molecule has 0 fully saturated rings. The molecule has 21 heavy (non-hydrogen) atoms. The molecule has 0 saturated carbocycles. The predicted molar refractivity (Wildman–Crippen MR) is 80.9 cm³/mol. The Bertz CT molecular complexity index is 478. The van der Waals surface area contributed by atoms with Gasteiger partial charge in [0.15, 0.2) is 0 Å². The highest BCUT2D eigenvalue weighted by molar-refractivity contribution is 7.98. The molecular formula is C14H19F3N2OS. The van der Waals surface area contributed by atoms with Crippen molar-refractivity contribution in [2.24, 2.45) is 0 Å². The molecule has 0 atom stereocenters. The van der Waals surface area contributed by atoms with Crippen LogP contribution in [0.5, 0.6) is 0 Å². The lowest BCUT2D eigenvalue weighted by Gasteiger charge is -2.16. The Hall–Kier alpha value is -1.37. The summed E-state index contributed by atoms with van der Waals surface area (Å²) in [4.78, 5) is 12.0. The summed E-state index contributed by atoms with van der Waals surface area (Å²) >= 11 is 1.72. The molecule has 1 rings (SSSR count). The van der Waals surface area contributed by atoms with Crippen molar-refractivity contribution in [3.8, 4) is 0 Å². The number of alkyl halides is 3. The quantitative estimate of drug-likeness (QED) is 0.754. The molecule has 118 valence electrons. The Labute approximate surface area is 126 Å². The molecule has 0 aliphatic rings. The molecular weight excluding hydrogens is 301 g/mol. The fourth-order valence-corrected chi connectivity index (χ4v) is 2.41. The van der Waals surface area contributed by atoms with E-state index in [1.54, 1.807) is 11.8 Å². The number of nitrogens with one attached hydrogen (secondary N) is 2. The van der Waals surface area contributed by atoms with Crippen LogP contribution < -0.4 is 10.6 Å². The largest absolute Gasteiger partial charge is 0.418 e. The van der Waals surface area contributed by atoms with Gasteiger partial charge in [0.25, 0.3) is 5.91 Å². The summed E-state index contributed by atoms with van der Waals surface area (Å²) < 4.78 is 38.7. The van der Waals surface area contributed by atoms with Gasteiger partial charge < -0.3 is 10.6 Å². The number of rotatable bonds is 7. The van der Waals surface area contributed by atoms with Crippen LogP contribution in [0.25, 0.3) is 0 Å². The summed E-state index contributed by atoms with van der Waals surface area (Å²) in [5.74, 6) is 0.510. The third-order valence-corrected chi connectivity index (χ3v) is 3.62. The van der Waals surface area contributed by atoms with E-state index in [0.29, 0.717) is 6.54 Å². The predicted octanol–water partition coefficient (Wildman–Crippen LogP) is 3.62. The Morgan fingerprint density at radius 2 is 2.00 bits per heavy atom. The maximum atomic E-state index is 12.9. The summed E-state index contributed by atoms with van der Waals surface area (Å²) in [5, 5.41) is 5.13. The molecule has 2 N–H and O–H groups in total. The van der Waals surface area contributed by atoms with Gasteiger partial charge in [0.2, 0.25) is 0 Å². The number of benzene rings is 1. The van der Waals surface area contributed by atoms with E-state index in [9.17, 15) is 18.0 Å². The molecule has 1 amide bonds. The monoisotopic (exact) mass is 320 g/mol. The fourth-order valence-electron chi connectivity index (χ4n) is 1.92. The first kappa shape index (κ1) is 17.7.